The molecule has 1 heterocycles. The lowest BCUT2D eigenvalue weighted by molar-refractivity contribution is -0.144. The van der Waals surface area contributed by atoms with Gasteiger partial charge in [-0.25, -0.2) is 0 Å². The summed E-state index contributed by atoms with van der Waals surface area (Å²) in [6.45, 7) is 0.590. The Kier molecular flexibility index (Phi) is 5.56. The second kappa shape index (κ2) is 8.04. The number of hydrogen-bond acceptors (Lipinski definition) is 4. The number of esters is 1. The number of amides is 1. The van der Waals surface area contributed by atoms with Crippen LogP contribution in [0.5, 0.6) is 5.75 Å². The molecule has 0 N–H and O–H groups in total. The smallest absolute Gasteiger partial charge is 0.306 e. The molecule has 1 atom stereocenters. The van der Waals surface area contributed by atoms with E-state index in [0.717, 1.165) is 28.9 Å². The summed E-state index contributed by atoms with van der Waals surface area (Å²) in [5.74, 6) is 0.441. The summed E-state index contributed by atoms with van der Waals surface area (Å²) in [7, 11) is 3.00. The molecule has 0 spiro atoms. The summed E-state index contributed by atoms with van der Waals surface area (Å²) in [5.41, 5.74) is 3.27. The van der Waals surface area contributed by atoms with Gasteiger partial charge in [0, 0.05) is 18.5 Å². The average Bonchev–Trinajstić information content (AvgIpc) is 2.70. The maximum atomic E-state index is 12.9. The fourth-order valence-corrected chi connectivity index (χ4v) is 3.55. The highest BCUT2D eigenvalue weighted by molar-refractivity contribution is 5.82. The Morgan fingerprint density at radius 3 is 2.50 bits per heavy atom. The van der Waals surface area contributed by atoms with Gasteiger partial charge in [-0.2, -0.15) is 0 Å². The zero-order valence-electron chi connectivity index (χ0n) is 15.1. The Morgan fingerprint density at radius 2 is 1.81 bits per heavy atom. The lowest BCUT2D eigenvalue weighted by Gasteiger charge is -2.38. The molecule has 5 heteroatoms. The van der Waals surface area contributed by atoms with Crippen molar-refractivity contribution in [1.82, 2.24) is 4.90 Å². The van der Waals surface area contributed by atoms with Gasteiger partial charge in [-0.1, -0.05) is 42.5 Å². The highest BCUT2D eigenvalue weighted by Gasteiger charge is 2.33. The molecule has 0 bridgehead atoms. The van der Waals surface area contributed by atoms with E-state index in [0.29, 0.717) is 6.54 Å². The van der Waals surface area contributed by atoms with Gasteiger partial charge in [-0.3, -0.25) is 9.59 Å². The van der Waals surface area contributed by atoms with Crippen LogP contribution < -0.4 is 4.74 Å². The third kappa shape index (κ3) is 3.57. The molecule has 1 aliphatic heterocycles. The number of benzene rings is 2. The molecule has 26 heavy (non-hydrogen) atoms. The Morgan fingerprint density at radius 1 is 1.04 bits per heavy atom. The number of rotatable bonds is 5. The van der Waals surface area contributed by atoms with Crippen molar-refractivity contribution in [2.24, 2.45) is 0 Å². The van der Waals surface area contributed by atoms with Crippen molar-refractivity contribution in [2.75, 3.05) is 20.8 Å². The highest BCUT2D eigenvalue weighted by Crippen LogP contribution is 2.39. The Bertz CT molecular complexity index is 788. The minimum atomic E-state index is -0.367. The molecular formula is C21H23NO4. The van der Waals surface area contributed by atoms with E-state index in [2.05, 4.69) is 10.8 Å². The summed E-state index contributed by atoms with van der Waals surface area (Å²) in [6, 6.07) is 15.7. The first kappa shape index (κ1) is 18.0. The second-order valence-electron chi connectivity index (χ2n) is 6.25. The van der Waals surface area contributed by atoms with E-state index in [-0.39, 0.29) is 30.8 Å². The number of carbonyl (C=O) groups excluding carboxylic acids is 2. The van der Waals surface area contributed by atoms with E-state index in [4.69, 9.17) is 4.74 Å². The second-order valence-corrected chi connectivity index (χ2v) is 6.25. The zero-order chi connectivity index (χ0) is 18.5. The molecule has 0 radical (unpaired) electrons. The number of carbonyl (C=O) groups is 2. The molecule has 0 saturated carbocycles. The highest BCUT2D eigenvalue weighted by atomic mass is 16.5. The maximum Gasteiger partial charge on any atom is 0.306 e. The molecule has 2 aromatic carbocycles. The molecule has 3 rings (SSSR count). The number of nitrogens with zero attached hydrogens (tertiary/aromatic N) is 1. The first-order chi connectivity index (χ1) is 12.7. The van der Waals surface area contributed by atoms with Gasteiger partial charge in [0.15, 0.2) is 0 Å². The summed E-state index contributed by atoms with van der Waals surface area (Å²) >= 11 is 0. The third-order valence-corrected chi connectivity index (χ3v) is 4.80. The first-order valence-corrected chi connectivity index (χ1v) is 8.72. The molecule has 5 nitrogen and oxygen atoms in total. The van der Waals surface area contributed by atoms with Gasteiger partial charge >= 0.3 is 5.97 Å². The minimum Gasteiger partial charge on any atom is -0.496 e. The van der Waals surface area contributed by atoms with Crippen molar-refractivity contribution in [2.45, 2.75) is 25.3 Å². The van der Waals surface area contributed by atoms with Crippen LogP contribution >= 0.6 is 0 Å². The van der Waals surface area contributed by atoms with Crippen LogP contribution in [-0.2, 0) is 20.7 Å². The Balaban J connectivity index is 1.97. The van der Waals surface area contributed by atoms with Crippen LogP contribution in [0.1, 0.15) is 35.6 Å². The number of ether oxygens (including phenoxy) is 2. The molecular weight excluding hydrogens is 330 g/mol. The molecule has 1 aliphatic rings. The molecule has 1 amide bonds. The van der Waals surface area contributed by atoms with Crippen LogP contribution in [0, 0.1) is 0 Å². The van der Waals surface area contributed by atoms with Gasteiger partial charge in [-0.15, -0.1) is 0 Å². The van der Waals surface area contributed by atoms with Crippen LogP contribution in [0.3, 0.4) is 0 Å². The van der Waals surface area contributed by atoms with Crippen LogP contribution in [0.15, 0.2) is 48.5 Å². The summed E-state index contributed by atoms with van der Waals surface area (Å²) in [5, 5.41) is 0. The molecule has 0 fully saturated rings. The molecule has 2 aromatic rings. The Hall–Kier alpha value is -2.82. The van der Waals surface area contributed by atoms with Crippen LogP contribution in [0.25, 0.3) is 0 Å². The minimum absolute atomic E-state index is 0.0438. The molecule has 0 aliphatic carbocycles. The average molecular weight is 353 g/mol. The van der Waals surface area contributed by atoms with Gasteiger partial charge in [-0.05, 0) is 23.6 Å². The van der Waals surface area contributed by atoms with E-state index < -0.39 is 0 Å². The molecule has 136 valence electrons. The van der Waals surface area contributed by atoms with Gasteiger partial charge in [0.2, 0.25) is 5.91 Å². The van der Waals surface area contributed by atoms with Gasteiger partial charge in [0.25, 0.3) is 0 Å². The Labute approximate surface area is 153 Å². The third-order valence-electron chi connectivity index (χ3n) is 4.80. The lowest BCUT2D eigenvalue weighted by atomic mass is 9.87. The molecule has 0 aromatic heterocycles. The monoisotopic (exact) mass is 353 g/mol. The van der Waals surface area contributed by atoms with Crippen molar-refractivity contribution in [3.05, 3.63) is 65.2 Å². The number of fused-ring (bicyclic) bond motifs is 1. The predicted molar refractivity (Wildman–Crippen MR) is 97.9 cm³/mol. The first-order valence-electron chi connectivity index (χ1n) is 8.72. The van der Waals surface area contributed by atoms with Crippen molar-refractivity contribution >= 4 is 11.9 Å². The van der Waals surface area contributed by atoms with Crippen LogP contribution in [0.4, 0.5) is 0 Å². The van der Waals surface area contributed by atoms with Crippen molar-refractivity contribution < 1.29 is 19.1 Å². The van der Waals surface area contributed by atoms with E-state index in [1.165, 1.54) is 7.11 Å². The van der Waals surface area contributed by atoms with Gasteiger partial charge in [0.05, 0.1) is 26.7 Å². The molecule has 1 unspecified atom stereocenters. The van der Waals surface area contributed by atoms with Crippen LogP contribution in [0.2, 0.25) is 0 Å². The van der Waals surface area contributed by atoms with Gasteiger partial charge < -0.3 is 14.4 Å². The quantitative estimate of drug-likeness (QED) is 0.775. The summed E-state index contributed by atoms with van der Waals surface area (Å²) in [6.07, 6.45) is 0.972. The van der Waals surface area contributed by atoms with Crippen LogP contribution in [-0.4, -0.2) is 37.5 Å². The lowest BCUT2D eigenvalue weighted by Crippen LogP contribution is -2.40. The van der Waals surface area contributed by atoms with E-state index >= 15 is 0 Å². The van der Waals surface area contributed by atoms with Crippen molar-refractivity contribution in [1.29, 1.82) is 0 Å². The fourth-order valence-electron chi connectivity index (χ4n) is 3.55. The SMILES string of the molecule is COC(=O)CCC(=O)N1CCc2c(OC)cccc2C1c1ccccc1. The fraction of sp³-hybridized carbons (Fsp3) is 0.333. The normalized spacial score (nSPS) is 15.9. The van der Waals surface area contributed by atoms with Crippen molar-refractivity contribution in [3.8, 4) is 5.75 Å². The topological polar surface area (TPSA) is 55.8 Å². The largest absolute Gasteiger partial charge is 0.496 e. The zero-order valence-corrected chi connectivity index (χ0v) is 15.1. The number of methoxy groups -OCH3 is 2. The van der Waals surface area contributed by atoms with E-state index in [9.17, 15) is 9.59 Å². The van der Waals surface area contributed by atoms with E-state index in [1.807, 2.05) is 47.4 Å². The maximum absolute atomic E-state index is 12.9. The molecule has 0 saturated heterocycles. The standard InChI is InChI=1S/C21H23NO4/c1-25-18-10-6-9-17-16(18)13-14-22(19(23)11-12-20(24)26-2)21(17)15-7-4-3-5-8-15/h3-10,21H,11-14H2,1-2H3. The summed E-state index contributed by atoms with van der Waals surface area (Å²) < 4.78 is 10.2. The van der Waals surface area contributed by atoms with Crippen molar-refractivity contribution in [3.63, 3.8) is 0 Å². The number of hydrogen-bond donors (Lipinski definition) is 0. The summed E-state index contributed by atoms with van der Waals surface area (Å²) in [4.78, 5) is 26.1. The van der Waals surface area contributed by atoms with Gasteiger partial charge in [0.1, 0.15) is 5.75 Å². The van der Waals surface area contributed by atoms with E-state index in [1.54, 1.807) is 7.11 Å². The predicted octanol–water partition coefficient (Wildman–Crippen LogP) is 3.12.